The van der Waals surface area contributed by atoms with Crippen LogP contribution in [0.3, 0.4) is 0 Å². The second kappa shape index (κ2) is 12.1. The smallest absolute Gasteiger partial charge is 0.408 e. The summed E-state index contributed by atoms with van der Waals surface area (Å²) in [7, 11) is 0. The van der Waals surface area contributed by atoms with Crippen molar-refractivity contribution in [2.24, 2.45) is 0 Å². The van der Waals surface area contributed by atoms with Crippen molar-refractivity contribution in [2.45, 2.75) is 52.0 Å². The molecule has 0 saturated carbocycles. The van der Waals surface area contributed by atoms with Gasteiger partial charge in [0.15, 0.2) is 17.4 Å². The van der Waals surface area contributed by atoms with Crippen LogP contribution in [-0.4, -0.2) is 24.1 Å². The van der Waals surface area contributed by atoms with Crippen LogP contribution in [0, 0.1) is 11.6 Å². The lowest BCUT2D eigenvalue weighted by atomic mass is 9.87. The monoisotopic (exact) mass is 548 g/mol. The first-order valence-electron chi connectivity index (χ1n) is 12.2. The fraction of sp³-hybridized carbons (Fsp3) is 0.345. The van der Waals surface area contributed by atoms with Crippen LogP contribution in [0.25, 0.3) is 0 Å². The van der Waals surface area contributed by atoms with Crippen molar-refractivity contribution in [3.63, 3.8) is 0 Å². The van der Waals surface area contributed by atoms with Gasteiger partial charge in [0.2, 0.25) is 0 Å². The van der Waals surface area contributed by atoms with E-state index < -0.39 is 17.7 Å². The van der Waals surface area contributed by atoms with Crippen LogP contribution in [0.5, 0.6) is 5.75 Å². The molecule has 3 aromatic rings. The predicted octanol–water partition coefficient (Wildman–Crippen LogP) is 7.94. The number of halogens is 4. The van der Waals surface area contributed by atoms with E-state index in [0.29, 0.717) is 29.3 Å². The van der Waals surface area contributed by atoms with E-state index in [1.165, 1.54) is 11.6 Å². The molecule has 198 valence electrons. The molecule has 0 unspecified atom stereocenters. The molecule has 1 aliphatic rings. The number of anilines is 1. The van der Waals surface area contributed by atoms with E-state index in [-0.39, 0.29) is 24.4 Å². The Morgan fingerprint density at radius 1 is 1.03 bits per heavy atom. The number of amides is 1. The summed E-state index contributed by atoms with van der Waals surface area (Å²) in [5, 5.41) is 3.82. The first-order chi connectivity index (χ1) is 17.1. The van der Waals surface area contributed by atoms with Gasteiger partial charge in [0, 0.05) is 30.7 Å². The lowest BCUT2D eigenvalue weighted by Crippen LogP contribution is -2.35. The Hall–Kier alpha value is -2.83. The molecule has 1 N–H and O–H groups in total. The van der Waals surface area contributed by atoms with Crippen molar-refractivity contribution in [1.82, 2.24) is 4.90 Å². The summed E-state index contributed by atoms with van der Waals surface area (Å²) >= 11 is 6.30. The molecule has 0 atom stereocenters. The molecule has 0 aliphatic carbocycles. The van der Waals surface area contributed by atoms with Gasteiger partial charge in [0.1, 0.15) is 0 Å². The molecule has 0 aromatic heterocycles. The Morgan fingerprint density at radius 3 is 2.41 bits per heavy atom. The van der Waals surface area contributed by atoms with Gasteiger partial charge in [-0.2, -0.15) is 0 Å². The molecule has 4 rings (SSSR count). The van der Waals surface area contributed by atoms with Crippen molar-refractivity contribution >= 4 is 35.8 Å². The summed E-state index contributed by atoms with van der Waals surface area (Å²) in [6.45, 7) is 7.80. The Morgan fingerprint density at radius 2 is 1.73 bits per heavy atom. The largest absolute Gasteiger partial charge is 0.415 e. The van der Waals surface area contributed by atoms with Gasteiger partial charge in [0.05, 0.1) is 5.69 Å². The number of aryl methyl sites for hydroxylation is 1. The van der Waals surface area contributed by atoms with Crippen molar-refractivity contribution in [3.05, 3.63) is 93.5 Å². The van der Waals surface area contributed by atoms with Crippen LogP contribution in [0.2, 0.25) is 5.02 Å². The van der Waals surface area contributed by atoms with Gasteiger partial charge >= 0.3 is 6.09 Å². The molecule has 1 amide bonds. The highest BCUT2D eigenvalue weighted by molar-refractivity contribution is 6.31. The van der Waals surface area contributed by atoms with Crippen LogP contribution < -0.4 is 10.1 Å². The Kier molecular flexibility index (Phi) is 9.43. The number of hydrogen-bond donors (Lipinski definition) is 1. The fourth-order valence-corrected chi connectivity index (χ4v) is 4.52. The number of fused-ring (bicyclic) bond motifs is 1. The number of carbonyl (C=O) groups excluding carboxylic acids is 1. The predicted molar refractivity (Wildman–Crippen MR) is 147 cm³/mol. The maximum Gasteiger partial charge on any atom is 0.415 e. The SMILES string of the molecule is CC(C)(C)c1ccc(CN(CCc2ccc(F)c(F)c2)C(=O)Oc2cc(Cl)cc3c2NCCC3)cc1.Cl. The average Bonchev–Trinajstić information content (AvgIpc) is 2.83. The summed E-state index contributed by atoms with van der Waals surface area (Å²) in [6, 6.07) is 15.4. The van der Waals surface area contributed by atoms with E-state index in [2.05, 4.69) is 38.2 Å². The minimum atomic E-state index is -0.906. The summed E-state index contributed by atoms with van der Waals surface area (Å²) in [6.07, 6.45) is 1.64. The molecule has 0 saturated heterocycles. The topological polar surface area (TPSA) is 41.6 Å². The van der Waals surface area contributed by atoms with Crippen LogP contribution in [-0.2, 0) is 24.8 Å². The van der Waals surface area contributed by atoms with E-state index in [1.54, 1.807) is 11.0 Å². The van der Waals surface area contributed by atoms with Crippen LogP contribution >= 0.6 is 24.0 Å². The number of benzene rings is 3. The molecule has 0 bridgehead atoms. The van der Waals surface area contributed by atoms with E-state index in [9.17, 15) is 13.6 Å². The highest BCUT2D eigenvalue weighted by atomic mass is 35.5. The van der Waals surface area contributed by atoms with E-state index in [0.717, 1.165) is 48.3 Å². The molecule has 0 fully saturated rings. The minimum absolute atomic E-state index is 0. The van der Waals surface area contributed by atoms with Crippen molar-refractivity contribution in [1.29, 1.82) is 0 Å². The van der Waals surface area contributed by atoms with Crippen LogP contribution in [0.15, 0.2) is 54.6 Å². The number of nitrogens with zero attached hydrogens (tertiary/aromatic N) is 1. The summed E-state index contributed by atoms with van der Waals surface area (Å²) in [5.74, 6) is -1.41. The highest BCUT2D eigenvalue weighted by Gasteiger charge is 2.22. The number of ether oxygens (including phenoxy) is 1. The lowest BCUT2D eigenvalue weighted by Gasteiger charge is -2.26. The number of carbonyl (C=O) groups is 1. The molecule has 37 heavy (non-hydrogen) atoms. The number of rotatable bonds is 6. The third kappa shape index (κ3) is 7.36. The molecule has 8 heteroatoms. The maximum atomic E-state index is 13.7. The first kappa shape index (κ1) is 28.7. The normalized spacial score (nSPS) is 12.7. The zero-order valence-electron chi connectivity index (χ0n) is 21.2. The summed E-state index contributed by atoms with van der Waals surface area (Å²) in [4.78, 5) is 15.0. The highest BCUT2D eigenvalue weighted by Crippen LogP contribution is 2.36. The lowest BCUT2D eigenvalue weighted by molar-refractivity contribution is 0.150. The fourth-order valence-electron chi connectivity index (χ4n) is 4.29. The van der Waals surface area contributed by atoms with Crippen molar-refractivity contribution in [2.75, 3.05) is 18.4 Å². The maximum absolute atomic E-state index is 13.7. The Balaban J connectivity index is 0.00000380. The van der Waals surface area contributed by atoms with Gasteiger partial charge in [-0.05, 0) is 65.1 Å². The van der Waals surface area contributed by atoms with Crippen molar-refractivity contribution < 1.29 is 18.3 Å². The van der Waals surface area contributed by atoms with E-state index in [4.69, 9.17) is 16.3 Å². The standard InChI is InChI=1S/C29H31ClF2N2O2.ClH/c1-29(2,3)22-9-6-20(7-10-22)18-34(14-12-19-8-11-24(31)25(32)15-19)28(35)36-26-17-23(30)16-21-5-4-13-33-27(21)26;/h6-11,15-17,33H,4-5,12-14,18H2,1-3H3;1H. The minimum Gasteiger partial charge on any atom is -0.408 e. The molecular weight excluding hydrogens is 517 g/mol. The van der Waals surface area contributed by atoms with Gasteiger partial charge in [-0.25, -0.2) is 13.6 Å². The van der Waals surface area contributed by atoms with Gasteiger partial charge in [-0.3, -0.25) is 0 Å². The number of nitrogens with one attached hydrogen (secondary N) is 1. The second-order valence-corrected chi connectivity index (χ2v) is 10.6. The quantitative estimate of drug-likeness (QED) is 0.340. The number of hydrogen-bond acceptors (Lipinski definition) is 3. The molecule has 1 aliphatic heterocycles. The van der Waals surface area contributed by atoms with Crippen LogP contribution in [0.1, 0.15) is 49.4 Å². The molecule has 4 nitrogen and oxygen atoms in total. The van der Waals surface area contributed by atoms with Crippen molar-refractivity contribution in [3.8, 4) is 5.75 Å². The van der Waals surface area contributed by atoms with E-state index >= 15 is 0 Å². The van der Waals surface area contributed by atoms with Crippen LogP contribution in [0.4, 0.5) is 19.3 Å². The first-order valence-corrected chi connectivity index (χ1v) is 12.5. The zero-order chi connectivity index (χ0) is 25.9. The van der Waals surface area contributed by atoms with Gasteiger partial charge in [0.25, 0.3) is 0 Å². The van der Waals surface area contributed by atoms with Gasteiger partial charge in [-0.1, -0.05) is 62.7 Å². The zero-order valence-corrected chi connectivity index (χ0v) is 22.8. The molecule has 3 aromatic carbocycles. The molecular formula is C29H32Cl2F2N2O2. The molecule has 0 spiro atoms. The average molecular weight is 549 g/mol. The molecule has 0 radical (unpaired) electrons. The summed E-state index contributed by atoms with van der Waals surface area (Å²) in [5.41, 5.74) is 4.55. The third-order valence-electron chi connectivity index (χ3n) is 6.38. The van der Waals surface area contributed by atoms with Gasteiger partial charge in [-0.15, -0.1) is 12.4 Å². The van der Waals surface area contributed by atoms with Gasteiger partial charge < -0.3 is 15.0 Å². The third-order valence-corrected chi connectivity index (χ3v) is 6.59. The van der Waals surface area contributed by atoms with E-state index in [1.807, 2.05) is 18.2 Å². The Labute approximate surface area is 228 Å². The molecule has 1 heterocycles. The Bertz CT molecular complexity index is 1240. The second-order valence-electron chi connectivity index (χ2n) is 10.2. The summed E-state index contributed by atoms with van der Waals surface area (Å²) < 4.78 is 32.9.